The van der Waals surface area contributed by atoms with E-state index in [2.05, 4.69) is 20.2 Å². The summed E-state index contributed by atoms with van der Waals surface area (Å²) in [6.07, 6.45) is -4.72. The number of nitrogens with one attached hydrogen (secondary N) is 1. The first kappa shape index (κ1) is 24.5. The molecule has 0 aliphatic carbocycles. The van der Waals surface area contributed by atoms with Crippen LogP contribution in [0.25, 0.3) is 10.9 Å². The third-order valence-corrected chi connectivity index (χ3v) is 5.79. The van der Waals surface area contributed by atoms with Gasteiger partial charge in [0.15, 0.2) is 0 Å². The number of fused-ring (bicyclic) bond motifs is 1. The number of nitrogens with zero attached hydrogens (tertiary/aromatic N) is 4. The molecule has 35 heavy (non-hydrogen) atoms. The van der Waals surface area contributed by atoms with Gasteiger partial charge in [-0.15, -0.1) is 0 Å². The van der Waals surface area contributed by atoms with E-state index in [1.807, 2.05) is 6.07 Å². The summed E-state index contributed by atoms with van der Waals surface area (Å²) in [7, 11) is 1.55. The van der Waals surface area contributed by atoms with Gasteiger partial charge in [0.25, 0.3) is 5.69 Å². The van der Waals surface area contributed by atoms with Gasteiger partial charge < -0.3 is 19.7 Å². The van der Waals surface area contributed by atoms with E-state index in [4.69, 9.17) is 9.47 Å². The third-order valence-electron chi connectivity index (χ3n) is 5.79. The van der Waals surface area contributed by atoms with Crippen LogP contribution in [0.1, 0.15) is 29.9 Å². The van der Waals surface area contributed by atoms with Gasteiger partial charge in [-0.2, -0.15) is 13.2 Å². The summed E-state index contributed by atoms with van der Waals surface area (Å²) in [5.74, 6) is 1.43. The largest absolute Gasteiger partial charge is 0.495 e. The summed E-state index contributed by atoms with van der Waals surface area (Å²) in [6, 6.07) is 5.50. The van der Waals surface area contributed by atoms with E-state index in [1.54, 1.807) is 27.0 Å². The monoisotopic (exact) mass is 491 g/mol. The molecule has 2 heterocycles. The zero-order valence-electron chi connectivity index (χ0n) is 19.3. The molecule has 1 atom stereocenters. The molecule has 12 heteroatoms. The van der Waals surface area contributed by atoms with Crippen molar-refractivity contribution < 1.29 is 27.6 Å². The number of rotatable bonds is 6. The number of alkyl halides is 3. The molecule has 0 saturated carbocycles. The Labute approximate surface area is 199 Å². The van der Waals surface area contributed by atoms with Gasteiger partial charge in [-0.1, -0.05) is 0 Å². The maximum Gasteiger partial charge on any atom is 0.416 e. The van der Waals surface area contributed by atoms with Gasteiger partial charge >= 0.3 is 6.18 Å². The fourth-order valence-corrected chi connectivity index (χ4v) is 4.03. The van der Waals surface area contributed by atoms with Gasteiger partial charge in [0.05, 0.1) is 48.1 Å². The molecule has 4 rings (SSSR count). The molecule has 9 nitrogen and oxygen atoms in total. The van der Waals surface area contributed by atoms with Crippen LogP contribution < -0.4 is 15.0 Å². The Morgan fingerprint density at radius 3 is 2.51 bits per heavy atom. The standard InChI is InChI=1S/C23H24F3N5O4/c1-13(15-8-16(23(24,25)26)10-17(9-15)31(32)33)27-22-18-11-21(34-3)20(30-4-6-35-7-5-30)12-19(18)28-14(2)29-22/h8-13H,4-7H2,1-3H3,(H,27,28,29)/t13-/m1/s1. The highest BCUT2D eigenvalue weighted by atomic mass is 19.4. The molecule has 3 aromatic rings. The van der Waals surface area contributed by atoms with Gasteiger partial charge in [-0.05, 0) is 37.6 Å². The molecule has 0 spiro atoms. The first-order valence-corrected chi connectivity index (χ1v) is 10.9. The van der Waals surface area contributed by atoms with Crippen molar-refractivity contribution >= 4 is 28.1 Å². The number of aromatic nitrogens is 2. The van der Waals surface area contributed by atoms with Crippen LogP contribution in [0.5, 0.6) is 5.75 Å². The molecule has 0 bridgehead atoms. The van der Waals surface area contributed by atoms with E-state index in [9.17, 15) is 23.3 Å². The Kier molecular flexibility index (Phi) is 6.66. The number of aryl methyl sites for hydroxylation is 1. The Morgan fingerprint density at radius 2 is 1.89 bits per heavy atom. The molecule has 1 saturated heterocycles. The molecule has 1 aromatic heterocycles. The highest BCUT2D eigenvalue weighted by Gasteiger charge is 2.33. The van der Waals surface area contributed by atoms with Crippen LogP contribution >= 0.6 is 0 Å². The maximum absolute atomic E-state index is 13.3. The predicted molar refractivity (Wildman–Crippen MR) is 124 cm³/mol. The van der Waals surface area contributed by atoms with Crippen molar-refractivity contribution in [3.63, 3.8) is 0 Å². The number of hydrogen-bond donors (Lipinski definition) is 1. The van der Waals surface area contributed by atoms with Crippen LogP contribution in [0.2, 0.25) is 0 Å². The average molecular weight is 491 g/mol. The summed E-state index contributed by atoms with van der Waals surface area (Å²) in [6.45, 7) is 5.91. The summed E-state index contributed by atoms with van der Waals surface area (Å²) in [5, 5.41) is 15.0. The first-order chi connectivity index (χ1) is 16.6. The highest BCUT2D eigenvalue weighted by molar-refractivity contribution is 5.94. The normalized spacial score (nSPS) is 15.2. The van der Waals surface area contributed by atoms with E-state index < -0.39 is 28.4 Å². The highest BCUT2D eigenvalue weighted by Crippen LogP contribution is 2.38. The number of ether oxygens (including phenoxy) is 2. The number of hydrogen-bond acceptors (Lipinski definition) is 8. The molecule has 1 aliphatic rings. The third kappa shape index (κ3) is 5.21. The number of nitro groups is 1. The summed E-state index contributed by atoms with van der Waals surface area (Å²) < 4.78 is 51.1. The second-order valence-corrected chi connectivity index (χ2v) is 8.19. The molecule has 0 radical (unpaired) electrons. The molecule has 1 aliphatic heterocycles. The van der Waals surface area contributed by atoms with Crippen molar-refractivity contribution in [2.45, 2.75) is 26.1 Å². The Bertz CT molecular complexity index is 1260. The van der Waals surface area contributed by atoms with Crippen LogP contribution in [-0.4, -0.2) is 48.3 Å². The minimum absolute atomic E-state index is 0.104. The zero-order valence-corrected chi connectivity index (χ0v) is 19.3. The van der Waals surface area contributed by atoms with Crippen LogP contribution in [0.15, 0.2) is 30.3 Å². The van der Waals surface area contributed by atoms with Gasteiger partial charge in [-0.3, -0.25) is 10.1 Å². The molecule has 2 aromatic carbocycles. The van der Waals surface area contributed by atoms with Gasteiger partial charge in [0, 0.05) is 30.6 Å². The van der Waals surface area contributed by atoms with Gasteiger partial charge in [0.2, 0.25) is 0 Å². The second-order valence-electron chi connectivity index (χ2n) is 8.19. The van der Waals surface area contributed by atoms with Gasteiger partial charge in [0.1, 0.15) is 17.4 Å². The summed E-state index contributed by atoms with van der Waals surface area (Å²) in [5.41, 5.74) is -0.133. The Morgan fingerprint density at radius 1 is 1.17 bits per heavy atom. The molecule has 0 unspecified atom stereocenters. The Balaban J connectivity index is 1.75. The van der Waals surface area contributed by atoms with Crippen molar-refractivity contribution in [3.8, 4) is 5.75 Å². The van der Waals surface area contributed by atoms with Crippen molar-refractivity contribution in [2.24, 2.45) is 0 Å². The van der Waals surface area contributed by atoms with Gasteiger partial charge in [-0.25, -0.2) is 9.97 Å². The van der Waals surface area contributed by atoms with Crippen LogP contribution in [-0.2, 0) is 10.9 Å². The number of methoxy groups -OCH3 is 1. The number of non-ortho nitro benzene ring substituents is 1. The van der Waals surface area contributed by atoms with Crippen LogP contribution in [0.4, 0.5) is 30.4 Å². The number of morpholine rings is 1. The van der Waals surface area contributed by atoms with E-state index in [0.29, 0.717) is 60.7 Å². The van der Waals surface area contributed by atoms with Crippen LogP contribution in [0, 0.1) is 17.0 Å². The molecule has 1 fully saturated rings. The molecule has 0 amide bonds. The number of nitro benzene ring substituents is 1. The molecule has 186 valence electrons. The fraction of sp³-hybridized carbons (Fsp3) is 0.391. The minimum Gasteiger partial charge on any atom is -0.495 e. The van der Waals surface area contributed by atoms with E-state index >= 15 is 0 Å². The lowest BCUT2D eigenvalue weighted by Gasteiger charge is -2.30. The number of benzene rings is 2. The quantitative estimate of drug-likeness (QED) is 0.384. The summed E-state index contributed by atoms with van der Waals surface area (Å²) >= 11 is 0. The van der Waals surface area contributed by atoms with Crippen LogP contribution in [0.3, 0.4) is 0 Å². The second kappa shape index (κ2) is 9.53. The van der Waals surface area contributed by atoms with Crippen molar-refractivity contribution in [1.29, 1.82) is 0 Å². The lowest BCUT2D eigenvalue weighted by atomic mass is 10.0. The van der Waals surface area contributed by atoms with E-state index in [1.165, 1.54) is 0 Å². The van der Waals surface area contributed by atoms with Crippen molar-refractivity contribution in [1.82, 2.24) is 9.97 Å². The minimum atomic E-state index is -4.72. The average Bonchev–Trinajstić information content (AvgIpc) is 2.82. The summed E-state index contributed by atoms with van der Waals surface area (Å²) in [4.78, 5) is 21.5. The predicted octanol–water partition coefficient (Wildman–Crippen LogP) is 4.88. The van der Waals surface area contributed by atoms with Crippen molar-refractivity contribution in [3.05, 3.63) is 57.4 Å². The number of halogens is 3. The van der Waals surface area contributed by atoms with E-state index in [-0.39, 0.29) is 5.56 Å². The lowest BCUT2D eigenvalue weighted by Crippen LogP contribution is -2.36. The molecular weight excluding hydrogens is 467 g/mol. The first-order valence-electron chi connectivity index (χ1n) is 10.9. The lowest BCUT2D eigenvalue weighted by molar-refractivity contribution is -0.385. The Hall–Kier alpha value is -3.67. The zero-order chi connectivity index (χ0) is 25.3. The topological polar surface area (TPSA) is 103 Å². The SMILES string of the molecule is COc1cc2c(N[C@H](C)c3cc([N+](=O)[O-])cc(C(F)(F)F)c3)nc(C)nc2cc1N1CCOCC1. The fourth-order valence-electron chi connectivity index (χ4n) is 4.03. The smallest absolute Gasteiger partial charge is 0.416 e. The molecular formula is C23H24F3N5O4. The number of anilines is 2. The van der Waals surface area contributed by atoms with E-state index in [0.717, 1.165) is 17.8 Å². The molecule has 1 N–H and O–H groups in total. The maximum atomic E-state index is 13.3. The van der Waals surface area contributed by atoms with Crippen molar-refractivity contribution in [2.75, 3.05) is 43.6 Å².